The van der Waals surface area contributed by atoms with Crippen molar-refractivity contribution in [3.05, 3.63) is 28.8 Å². The SMILES string of the molecule is CC(=O)O.NC(N)=N/N=C/c1ccc(O)c(Cl)c1. The molecule has 1 aromatic rings. The third-order valence-corrected chi connectivity index (χ3v) is 1.65. The van der Waals surface area contributed by atoms with E-state index < -0.39 is 5.97 Å². The predicted octanol–water partition coefficient (Wildman–Crippen LogP) is 0.744. The van der Waals surface area contributed by atoms with E-state index in [-0.39, 0.29) is 16.7 Å². The van der Waals surface area contributed by atoms with Gasteiger partial charge in [-0.1, -0.05) is 11.6 Å². The molecule has 0 unspecified atom stereocenters. The van der Waals surface area contributed by atoms with Gasteiger partial charge in [-0.2, -0.15) is 5.10 Å². The summed E-state index contributed by atoms with van der Waals surface area (Å²) < 4.78 is 0. The molecule has 98 valence electrons. The van der Waals surface area contributed by atoms with Crippen LogP contribution in [0.2, 0.25) is 5.02 Å². The molecule has 0 radical (unpaired) electrons. The van der Waals surface area contributed by atoms with Crippen LogP contribution in [0.3, 0.4) is 0 Å². The normalized spacial score (nSPS) is 9.44. The molecule has 0 aliphatic carbocycles. The number of nitrogens with zero attached hydrogens (tertiary/aromatic N) is 2. The van der Waals surface area contributed by atoms with Gasteiger partial charge in [-0.3, -0.25) is 4.79 Å². The third-order valence-electron chi connectivity index (χ3n) is 1.35. The van der Waals surface area contributed by atoms with Crippen LogP contribution in [0.25, 0.3) is 0 Å². The van der Waals surface area contributed by atoms with E-state index in [0.717, 1.165) is 6.92 Å². The summed E-state index contributed by atoms with van der Waals surface area (Å²) in [7, 11) is 0. The van der Waals surface area contributed by atoms with E-state index in [2.05, 4.69) is 10.2 Å². The molecule has 0 saturated carbocycles. The molecular formula is C10H13ClN4O3. The van der Waals surface area contributed by atoms with Crippen molar-refractivity contribution in [2.45, 2.75) is 6.92 Å². The van der Waals surface area contributed by atoms with Crippen LogP contribution in [0.1, 0.15) is 12.5 Å². The maximum Gasteiger partial charge on any atom is 0.300 e. The molecule has 0 bridgehead atoms. The first-order valence-corrected chi connectivity index (χ1v) is 5.00. The molecule has 0 fully saturated rings. The molecule has 0 saturated heterocycles. The van der Waals surface area contributed by atoms with Crippen molar-refractivity contribution in [2.75, 3.05) is 0 Å². The Labute approximate surface area is 108 Å². The summed E-state index contributed by atoms with van der Waals surface area (Å²) in [6.07, 6.45) is 1.42. The van der Waals surface area contributed by atoms with Crippen molar-refractivity contribution in [3.8, 4) is 5.75 Å². The molecule has 0 aliphatic heterocycles. The number of halogens is 1. The topological polar surface area (TPSA) is 134 Å². The third kappa shape index (κ3) is 7.94. The van der Waals surface area contributed by atoms with Crippen LogP contribution in [-0.2, 0) is 4.79 Å². The highest BCUT2D eigenvalue weighted by Gasteiger charge is 1.97. The molecule has 0 aromatic heterocycles. The van der Waals surface area contributed by atoms with Crippen molar-refractivity contribution >= 4 is 29.7 Å². The minimum absolute atomic E-state index is 0.0191. The number of benzene rings is 1. The zero-order chi connectivity index (χ0) is 14.1. The van der Waals surface area contributed by atoms with Crippen LogP contribution in [0.5, 0.6) is 5.75 Å². The van der Waals surface area contributed by atoms with Crippen LogP contribution in [0, 0.1) is 0 Å². The lowest BCUT2D eigenvalue weighted by Gasteiger charge is -1.96. The molecule has 0 heterocycles. The molecule has 8 heteroatoms. The molecule has 0 atom stereocenters. The second-order valence-electron chi connectivity index (χ2n) is 3.00. The minimum atomic E-state index is -0.833. The zero-order valence-corrected chi connectivity index (χ0v) is 10.3. The largest absolute Gasteiger partial charge is 0.506 e. The van der Waals surface area contributed by atoms with Crippen LogP contribution in [0.15, 0.2) is 28.4 Å². The highest BCUT2D eigenvalue weighted by Crippen LogP contribution is 2.22. The minimum Gasteiger partial charge on any atom is -0.506 e. The van der Waals surface area contributed by atoms with Crippen LogP contribution in [-0.4, -0.2) is 28.4 Å². The van der Waals surface area contributed by atoms with Gasteiger partial charge in [0.15, 0.2) is 0 Å². The van der Waals surface area contributed by atoms with Gasteiger partial charge in [-0.05, 0) is 23.8 Å². The van der Waals surface area contributed by atoms with Gasteiger partial charge in [0, 0.05) is 6.92 Å². The fourth-order valence-corrected chi connectivity index (χ4v) is 0.955. The first-order chi connectivity index (χ1) is 8.32. The average molecular weight is 273 g/mol. The number of guanidine groups is 1. The molecular weight excluding hydrogens is 260 g/mol. The number of carbonyl (C=O) groups is 1. The summed E-state index contributed by atoms with van der Waals surface area (Å²) in [5, 5.41) is 23.8. The molecule has 1 rings (SSSR count). The number of aromatic hydroxyl groups is 1. The van der Waals surface area contributed by atoms with Crippen molar-refractivity contribution in [1.82, 2.24) is 0 Å². The number of hydrogen-bond donors (Lipinski definition) is 4. The highest BCUT2D eigenvalue weighted by atomic mass is 35.5. The maximum absolute atomic E-state index is 9.11. The van der Waals surface area contributed by atoms with E-state index in [0.29, 0.717) is 5.56 Å². The summed E-state index contributed by atoms with van der Waals surface area (Å²) in [5.41, 5.74) is 10.8. The summed E-state index contributed by atoms with van der Waals surface area (Å²) in [5.74, 6) is -0.934. The Bertz CT molecular complexity index is 466. The van der Waals surface area contributed by atoms with Gasteiger partial charge < -0.3 is 21.7 Å². The molecule has 0 spiro atoms. The number of rotatable bonds is 2. The van der Waals surface area contributed by atoms with Crippen molar-refractivity contribution in [2.24, 2.45) is 21.7 Å². The molecule has 0 amide bonds. The van der Waals surface area contributed by atoms with Gasteiger partial charge in [0.2, 0.25) is 5.96 Å². The van der Waals surface area contributed by atoms with E-state index in [1.54, 1.807) is 12.1 Å². The van der Waals surface area contributed by atoms with Gasteiger partial charge in [0.05, 0.1) is 11.2 Å². The van der Waals surface area contributed by atoms with Gasteiger partial charge in [-0.25, -0.2) is 0 Å². The standard InChI is InChI=1S/C8H9ClN4O.C2H4O2/c9-6-3-5(1-2-7(6)14)4-12-13-8(10)11;1-2(3)4/h1-4,14H,(H4,10,11,13);1H3,(H,3,4)/b12-4+;. The molecule has 18 heavy (non-hydrogen) atoms. The number of aliphatic carboxylic acids is 1. The smallest absolute Gasteiger partial charge is 0.300 e. The molecule has 1 aromatic carbocycles. The lowest BCUT2D eigenvalue weighted by Crippen LogP contribution is -2.21. The van der Waals surface area contributed by atoms with Crippen molar-refractivity contribution < 1.29 is 15.0 Å². The Kier molecular flexibility index (Phi) is 6.91. The fraction of sp³-hybridized carbons (Fsp3) is 0.100. The first kappa shape index (κ1) is 15.7. The van der Waals surface area contributed by atoms with Gasteiger partial charge in [0.1, 0.15) is 5.75 Å². The van der Waals surface area contributed by atoms with Crippen LogP contribution >= 0.6 is 11.6 Å². The molecule has 7 nitrogen and oxygen atoms in total. The summed E-state index contributed by atoms with van der Waals surface area (Å²) in [6.45, 7) is 1.08. The second-order valence-corrected chi connectivity index (χ2v) is 3.41. The Morgan fingerprint density at radius 1 is 1.44 bits per heavy atom. The van der Waals surface area contributed by atoms with Gasteiger partial charge in [0.25, 0.3) is 5.97 Å². The van der Waals surface area contributed by atoms with Gasteiger partial charge >= 0.3 is 0 Å². The fourth-order valence-electron chi connectivity index (χ4n) is 0.766. The van der Waals surface area contributed by atoms with Gasteiger partial charge in [-0.15, -0.1) is 5.10 Å². The number of nitrogens with two attached hydrogens (primary N) is 2. The van der Waals surface area contributed by atoms with Crippen molar-refractivity contribution in [3.63, 3.8) is 0 Å². The number of phenolic OH excluding ortho intramolecular Hbond substituents is 1. The van der Waals surface area contributed by atoms with Crippen LogP contribution < -0.4 is 11.5 Å². The first-order valence-electron chi connectivity index (χ1n) is 4.63. The van der Waals surface area contributed by atoms with E-state index in [4.69, 9.17) is 38.1 Å². The monoisotopic (exact) mass is 272 g/mol. The summed E-state index contributed by atoms with van der Waals surface area (Å²) in [6, 6.07) is 4.63. The Morgan fingerprint density at radius 3 is 2.44 bits per heavy atom. The Balaban J connectivity index is 0.000000631. The average Bonchev–Trinajstić information content (AvgIpc) is 2.22. The number of carboxylic acids is 1. The Morgan fingerprint density at radius 2 is 2.00 bits per heavy atom. The van der Waals surface area contributed by atoms with E-state index in [1.165, 1.54) is 12.3 Å². The maximum atomic E-state index is 9.11. The van der Waals surface area contributed by atoms with E-state index in [1.807, 2.05) is 0 Å². The van der Waals surface area contributed by atoms with Crippen molar-refractivity contribution in [1.29, 1.82) is 0 Å². The van der Waals surface area contributed by atoms with E-state index in [9.17, 15) is 0 Å². The Hall–Kier alpha value is -2.28. The lowest BCUT2D eigenvalue weighted by atomic mass is 10.2. The van der Waals surface area contributed by atoms with E-state index >= 15 is 0 Å². The summed E-state index contributed by atoms with van der Waals surface area (Å²) >= 11 is 5.66. The summed E-state index contributed by atoms with van der Waals surface area (Å²) in [4.78, 5) is 9.00. The lowest BCUT2D eigenvalue weighted by molar-refractivity contribution is -0.134. The molecule has 0 aliphatic rings. The number of phenols is 1. The number of carboxylic acid groups (broad SMARTS) is 1. The molecule has 6 N–H and O–H groups in total. The number of hydrogen-bond acceptors (Lipinski definition) is 4. The second kappa shape index (κ2) is 7.91. The van der Waals surface area contributed by atoms with Crippen LogP contribution in [0.4, 0.5) is 0 Å². The quantitative estimate of drug-likeness (QED) is 0.358. The predicted molar refractivity (Wildman–Crippen MR) is 69.8 cm³/mol. The highest BCUT2D eigenvalue weighted by molar-refractivity contribution is 6.32. The zero-order valence-electron chi connectivity index (χ0n) is 9.54.